The van der Waals surface area contributed by atoms with E-state index in [0.29, 0.717) is 0 Å². The molecule has 0 saturated heterocycles. The fraction of sp³-hybridized carbons (Fsp3) is 0.100. The Morgan fingerprint density at radius 2 is 2.21 bits per heavy atom. The highest BCUT2D eigenvalue weighted by Crippen LogP contribution is 2.26. The molecule has 0 amide bonds. The fourth-order valence-corrected chi connectivity index (χ4v) is 2.47. The van der Waals surface area contributed by atoms with E-state index in [-0.39, 0.29) is 0 Å². The topological polar surface area (TPSA) is 37.3 Å². The van der Waals surface area contributed by atoms with Crippen molar-refractivity contribution < 1.29 is 9.90 Å². The van der Waals surface area contributed by atoms with Crippen molar-refractivity contribution in [3.8, 4) is 0 Å². The third kappa shape index (κ3) is 2.81. The van der Waals surface area contributed by atoms with Crippen molar-refractivity contribution in [1.82, 2.24) is 0 Å². The number of hydrogen-bond donors (Lipinski definition) is 1. The average Bonchev–Trinajstić information content (AvgIpc) is 2.11. The highest BCUT2D eigenvalue weighted by Gasteiger charge is 2.04. The number of aryl methyl sites for hydroxylation is 1. The lowest BCUT2D eigenvalue weighted by atomic mass is 10.1. The van der Waals surface area contributed by atoms with E-state index in [1.807, 2.05) is 19.1 Å². The first-order valence-corrected chi connectivity index (χ1v) is 5.75. The molecule has 4 heteroatoms. The largest absolute Gasteiger partial charge is 0.478 e. The first-order chi connectivity index (χ1) is 6.52. The Hall–Kier alpha value is -0.360. The van der Waals surface area contributed by atoms with E-state index in [1.54, 1.807) is 6.08 Å². The normalized spacial score (nSPS) is 10.8. The monoisotopic (exact) mass is 366 g/mol. The van der Waals surface area contributed by atoms with Gasteiger partial charge in [0.2, 0.25) is 0 Å². The van der Waals surface area contributed by atoms with E-state index < -0.39 is 5.97 Å². The van der Waals surface area contributed by atoms with Crippen LogP contribution in [0.2, 0.25) is 0 Å². The van der Waals surface area contributed by atoms with Crippen molar-refractivity contribution >= 4 is 50.6 Å². The molecule has 0 radical (unpaired) electrons. The molecule has 0 heterocycles. The molecule has 0 fully saturated rings. The van der Waals surface area contributed by atoms with E-state index in [0.717, 1.165) is 25.2 Å². The van der Waals surface area contributed by atoms with E-state index in [2.05, 4.69) is 38.5 Å². The summed E-state index contributed by atoms with van der Waals surface area (Å²) in [7, 11) is 0. The van der Waals surface area contributed by atoms with Gasteiger partial charge < -0.3 is 5.11 Å². The summed E-state index contributed by atoms with van der Waals surface area (Å²) in [5.41, 5.74) is 2.05. The second kappa shape index (κ2) is 4.93. The van der Waals surface area contributed by atoms with Crippen molar-refractivity contribution in [2.75, 3.05) is 0 Å². The van der Waals surface area contributed by atoms with Crippen LogP contribution in [0.25, 0.3) is 6.08 Å². The van der Waals surface area contributed by atoms with Crippen molar-refractivity contribution in [3.63, 3.8) is 0 Å². The van der Waals surface area contributed by atoms with Crippen LogP contribution in [0.5, 0.6) is 0 Å². The number of halogens is 2. The summed E-state index contributed by atoms with van der Waals surface area (Å²) in [6.07, 6.45) is 2.74. The average molecular weight is 367 g/mol. The minimum atomic E-state index is -0.936. The zero-order valence-electron chi connectivity index (χ0n) is 7.42. The molecule has 0 aliphatic carbocycles. The number of carboxylic acids is 1. The Morgan fingerprint density at radius 3 is 2.79 bits per heavy atom. The van der Waals surface area contributed by atoms with E-state index in [9.17, 15) is 4.79 Å². The molecule has 1 aromatic carbocycles. The predicted molar refractivity (Wildman–Crippen MR) is 68.3 cm³/mol. The van der Waals surface area contributed by atoms with Gasteiger partial charge in [-0.3, -0.25) is 0 Å². The predicted octanol–water partition coefficient (Wildman–Crippen LogP) is 3.46. The van der Waals surface area contributed by atoms with Crippen LogP contribution in [-0.2, 0) is 4.79 Å². The van der Waals surface area contributed by atoms with Crippen molar-refractivity contribution in [3.05, 3.63) is 37.4 Å². The molecule has 1 N–H and O–H groups in total. The number of carbonyl (C=O) groups is 1. The minimum Gasteiger partial charge on any atom is -0.478 e. The Kier molecular flexibility index (Phi) is 4.12. The fourth-order valence-electron chi connectivity index (χ4n) is 0.986. The van der Waals surface area contributed by atoms with Gasteiger partial charge in [-0.1, -0.05) is 22.0 Å². The first kappa shape index (κ1) is 11.7. The number of carboxylic acid groups (broad SMARTS) is 1. The van der Waals surface area contributed by atoms with Gasteiger partial charge >= 0.3 is 5.97 Å². The van der Waals surface area contributed by atoms with Gasteiger partial charge in [0.15, 0.2) is 0 Å². The first-order valence-electron chi connectivity index (χ1n) is 3.88. The third-order valence-corrected chi connectivity index (χ3v) is 3.84. The number of rotatable bonds is 2. The van der Waals surface area contributed by atoms with Crippen LogP contribution < -0.4 is 0 Å². The van der Waals surface area contributed by atoms with Crippen LogP contribution in [-0.4, -0.2) is 11.1 Å². The molecular weight excluding hydrogens is 359 g/mol. The number of aliphatic carboxylic acids is 1. The summed E-state index contributed by atoms with van der Waals surface area (Å²) < 4.78 is 1.97. The van der Waals surface area contributed by atoms with Gasteiger partial charge in [0.05, 0.1) is 0 Å². The molecule has 1 aromatic rings. The maximum Gasteiger partial charge on any atom is 0.328 e. The molecular formula is C10H8BrIO2. The Bertz CT molecular complexity index is 399. The van der Waals surface area contributed by atoms with Gasteiger partial charge in [-0.25, -0.2) is 4.79 Å². The van der Waals surface area contributed by atoms with Gasteiger partial charge in [-0.2, -0.15) is 0 Å². The standard InChI is InChI=1S/C10H8BrIO2/c1-6-2-4-8(11)7(10(6)12)3-5-9(13)14/h2-5H,1H3,(H,13,14)/b5-3+. The Labute approximate surface area is 104 Å². The maximum absolute atomic E-state index is 10.4. The lowest BCUT2D eigenvalue weighted by Gasteiger charge is -2.04. The molecule has 0 aliphatic heterocycles. The molecule has 2 nitrogen and oxygen atoms in total. The molecule has 0 spiro atoms. The van der Waals surface area contributed by atoms with E-state index in [4.69, 9.17) is 5.11 Å². The van der Waals surface area contributed by atoms with Crippen LogP contribution in [0.1, 0.15) is 11.1 Å². The molecule has 0 unspecified atom stereocenters. The van der Waals surface area contributed by atoms with Crippen LogP contribution in [0.4, 0.5) is 0 Å². The minimum absolute atomic E-state index is 0.907. The van der Waals surface area contributed by atoms with E-state index in [1.165, 1.54) is 0 Å². The molecule has 0 bridgehead atoms. The van der Waals surface area contributed by atoms with Crippen molar-refractivity contribution in [2.45, 2.75) is 6.92 Å². The van der Waals surface area contributed by atoms with Crippen LogP contribution in [0, 0.1) is 10.5 Å². The lowest BCUT2D eigenvalue weighted by Crippen LogP contribution is -1.90. The number of hydrogen-bond acceptors (Lipinski definition) is 1. The lowest BCUT2D eigenvalue weighted by molar-refractivity contribution is -0.131. The van der Waals surface area contributed by atoms with Crippen molar-refractivity contribution in [2.24, 2.45) is 0 Å². The molecule has 0 aromatic heterocycles. The summed E-state index contributed by atoms with van der Waals surface area (Å²) in [6, 6.07) is 3.91. The highest BCUT2D eigenvalue weighted by molar-refractivity contribution is 14.1. The summed E-state index contributed by atoms with van der Waals surface area (Å²) in [6.45, 7) is 1.99. The van der Waals surface area contributed by atoms with E-state index >= 15 is 0 Å². The molecule has 14 heavy (non-hydrogen) atoms. The second-order valence-electron chi connectivity index (χ2n) is 2.76. The summed E-state index contributed by atoms with van der Waals surface area (Å²) >= 11 is 5.59. The van der Waals surface area contributed by atoms with Gasteiger partial charge in [-0.05, 0) is 47.2 Å². The highest BCUT2D eigenvalue weighted by atomic mass is 127. The van der Waals surface area contributed by atoms with Crippen molar-refractivity contribution in [1.29, 1.82) is 0 Å². The van der Waals surface area contributed by atoms with Gasteiger partial charge in [0, 0.05) is 19.7 Å². The molecule has 1 rings (SSSR count). The molecule has 0 atom stereocenters. The molecule has 74 valence electrons. The van der Waals surface area contributed by atoms with Gasteiger partial charge in [0.25, 0.3) is 0 Å². The SMILES string of the molecule is Cc1ccc(Br)c(/C=C/C(=O)O)c1I. The maximum atomic E-state index is 10.4. The zero-order chi connectivity index (χ0) is 10.7. The quantitative estimate of drug-likeness (QED) is 0.642. The van der Waals surface area contributed by atoms with Crippen LogP contribution in [0.3, 0.4) is 0 Å². The smallest absolute Gasteiger partial charge is 0.328 e. The zero-order valence-corrected chi connectivity index (χ0v) is 11.2. The second-order valence-corrected chi connectivity index (χ2v) is 4.70. The Balaban J connectivity index is 3.19. The molecule has 0 aliphatic rings. The summed E-state index contributed by atoms with van der Waals surface area (Å²) in [5.74, 6) is -0.936. The summed E-state index contributed by atoms with van der Waals surface area (Å²) in [4.78, 5) is 10.4. The van der Waals surface area contributed by atoms with Crippen LogP contribution in [0.15, 0.2) is 22.7 Å². The van der Waals surface area contributed by atoms with Crippen LogP contribution >= 0.6 is 38.5 Å². The third-order valence-electron chi connectivity index (χ3n) is 1.71. The Morgan fingerprint density at radius 1 is 1.57 bits per heavy atom. The van der Waals surface area contributed by atoms with Gasteiger partial charge in [0.1, 0.15) is 0 Å². The molecule has 0 saturated carbocycles. The van der Waals surface area contributed by atoms with Gasteiger partial charge in [-0.15, -0.1) is 0 Å². The summed E-state index contributed by atoms with van der Waals surface area (Å²) in [5, 5.41) is 8.52. The number of benzene rings is 1.